The molecule has 0 aromatic rings. The van der Waals surface area contributed by atoms with E-state index in [0.29, 0.717) is 65.5 Å². The van der Waals surface area contributed by atoms with Crippen LogP contribution in [0.2, 0.25) is 0 Å². The van der Waals surface area contributed by atoms with Gasteiger partial charge in [0.25, 0.3) is 11.1 Å². The predicted octanol–water partition coefficient (Wildman–Crippen LogP) is 5.02. The molecule has 2 rings (SSSR count). The minimum Gasteiger partial charge on any atom is -0.394 e. The molecule has 0 saturated carbocycles. The largest absolute Gasteiger partial charge is 0.394 e. The van der Waals surface area contributed by atoms with Gasteiger partial charge >= 0.3 is 0 Å². The molecule has 2 aliphatic rings. The number of aliphatic hydroxyl groups is 6. The number of nitrogens with zero attached hydrogens (tertiary/aromatic N) is 6. The van der Waals surface area contributed by atoms with Crippen LogP contribution in [0.25, 0.3) is 0 Å². The van der Waals surface area contributed by atoms with Gasteiger partial charge in [-0.2, -0.15) is 0 Å². The Morgan fingerprint density at radius 2 is 0.778 bits per heavy atom. The van der Waals surface area contributed by atoms with E-state index in [1.54, 1.807) is 27.7 Å². The number of rotatable bonds is 42. The number of ether oxygens (including phenoxy) is 2. The van der Waals surface area contributed by atoms with Gasteiger partial charge in [0.2, 0.25) is 11.1 Å². The zero-order valence-corrected chi connectivity index (χ0v) is 58.8. The maximum atomic E-state index is 11.4. The Hall–Kier alpha value is -3.04. The van der Waals surface area contributed by atoms with Gasteiger partial charge in [-0.15, -0.1) is 0 Å². The first kappa shape index (κ1) is 89.0. The molecule has 8 unspecified atom stereocenters. The molecule has 0 spiro atoms. The molecule has 28 nitrogen and oxygen atoms in total. The maximum Gasteiger partial charge on any atom is 0.257 e. The highest BCUT2D eigenvalue weighted by molar-refractivity contribution is 4.93. The lowest BCUT2D eigenvalue weighted by Gasteiger charge is -2.43. The summed E-state index contributed by atoms with van der Waals surface area (Å²) in [4.78, 5) is 47.8. The lowest BCUT2D eigenvalue weighted by molar-refractivity contribution is -0.582. The quantitative estimate of drug-likeness (QED) is 0.0282. The fourth-order valence-corrected chi connectivity index (χ4v) is 10.7. The topological polar surface area (TPSA) is 447 Å². The summed E-state index contributed by atoms with van der Waals surface area (Å²) in [6, 6.07) is 0. The van der Waals surface area contributed by atoms with Gasteiger partial charge in [0.15, 0.2) is 0 Å². The third-order valence-corrected chi connectivity index (χ3v) is 19.8. The molecule has 8 atom stereocenters. The van der Waals surface area contributed by atoms with Gasteiger partial charge in [0, 0.05) is 109 Å². The van der Waals surface area contributed by atoms with Gasteiger partial charge in [-0.05, 0) is 85.9 Å². The minimum atomic E-state index is -1.41. The van der Waals surface area contributed by atoms with E-state index in [1.165, 1.54) is 0 Å². The third kappa shape index (κ3) is 30.1. The number of hydrogen-bond acceptors (Lipinski definition) is 24. The molecule has 2 aliphatic heterocycles. The van der Waals surface area contributed by atoms with Gasteiger partial charge in [-0.1, -0.05) is 111 Å². The van der Waals surface area contributed by atoms with Crippen molar-refractivity contribution in [1.82, 2.24) is 20.4 Å². The number of hydrogen-bond donors (Lipinski definition) is 12. The summed E-state index contributed by atoms with van der Waals surface area (Å²) < 4.78 is 11.1. The van der Waals surface area contributed by atoms with Gasteiger partial charge in [0.1, 0.15) is 26.4 Å². The Balaban J connectivity index is 0. The van der Waals surface area contributed by atoms with Crippen molar-refractivity contribution in [1.29, 1.82) is 0 Å². The predicted molar refractivity (Wildman–Crippen MR) is 354 cm³/mol. The Morgan fingerprint density at radius 3 is 1.10 bits per heavy atom. The molecule has 0 aromatic heterocycles. The summed E-state index contributed by atoms with van der Waals surface area (Å²) in [7, 11) is 0. The lowest BCUT2D eigenvalue weighted by Crippen LogP contribution is -2.59. The monoisotopic (exact) mass is 1300 g/mol. The second kappa shape index (κ2) is 39.7. The second-order valence-electron chi connectivity index (χ2n) is 29.9. The maximum absolute atomic E-state index is 11.4. The minimum absolute atomic E-state index is 0.0107. The van der Waals surface area contributed by atoms with E-state index >= 15 is 0 Å². The van der Waals surface area contributed by atoms with E-state index in [4.69, 9.17) is 32.4 Å². The van der Waals surface area contributed by atoms with Crippen molar-refractivity contribution in [3.63, 3.8) is 0 Å². The zero-order chi connectivity index (χ0) is 70.3. The number of aliphatic hydroxyl groups excluding tert-OH is 6. The van der Waals surface area contributed by atoms with Gasteiger partial charge in [-0.25, -0.2) is 0 Å². The first-order valence-electron chi connectivity index (χ1n) is 32.8. The van der Waals surface area contributed by atoms with E-state index < -0.39 is 68.4 Å². The highest BCUT2D eigenvalue weighted by Crippen LogP contribution is 2.35. The van der Waals surface area contributed by atoms with Crippen LogP contribution in [-0.2, 0) is 9.47 Å². The highest BCUT2D eigenvalue weighted by Gasteiger charge is 2.48. The molecule has 0 aromatic carbocycles. The molecular weight excluding hydrogens is 1170 g/mol. The molecule has 0 aliphatic carbocycles. The molecule has 16 N–H and O–H groups in total. The van der Waals surface area contributed by atoms with Gasteiger partial charge < -0.3 is 73.7 Å². The summed E-state index contributed by atoms with van der Waals surface area (Å²) >= 11 is 0. The molecule has 0 radical (unpaired) electrons. The van der Waals surface area contributed by atoms with E-state index in [9.17, 15) is 71.1 Å². The van der Waals surface area contributed by atoms with Crippen LogP contribution in [0, 0.1) is 62.1 Å². The summed E-state index contributed by atoms with van der Waals surface area (Å²) in [6.45, 7) is 36.4. The van der Waals surface area contributed by atoms with E-state index in [2.05, 4.69) is 50.2 Å². The molecule has 536 valence electrons. The zero-order valence-electron chi connectivity index (χ0n) is 58.8. The fourth-order valence-electron chi connectivity index (χ4n) is 10.7. The summed E-state index contributed by atoms with van der Waals surface area (Å²) in [6.07, 6.45) is 9.43. The first-order chi connectivity index (χ1) is 41.4. The van der Waals surface area contributed by atoms with Crippen LogP contribution in [0.5, 0.6) is 0 Å². The summed E-state index contributed by atoms with van der Waals surface area (Å²) in [5.41, 5.74) is 17.5. The van der Waals surface area contributed by atoms with E-state index in [0.717, 1.165) is 71.0 Å². The van der Waals surface area contributed by atoms with Crippen LogP contribution in [0.1, 0.15) is 214 Å². The molecule has 90 heavy (non-hydrogen) atoms. The standard InChI is InChI=1S/C16H31N3O6.C16H35N3O2.C15H31N3O6.C15H35N3O2/c1-5-15(11-20,18(21)22)8-7-14(3,4)9-17-10-16(6-2,19(23)24)12-25-13-17;1-5-15(17,11-20)8-7-14(3,4)9-19-10-16(18,6-2)12-21-13-19;1-5-14(11-19,17(21)22)8-7-13(3,4)9-16-10-15(6-2,12-20)18(23)24;1-5-14(16,11-19)8-7-13(3,4)9-18-10-15(17,6-2)12-20/h20H,5-13H2,1-4H3;20H,5-13,17-18H2,1-4H3;16,19-20H,5-12H2,1-4H3;18-20H,5-12,16-17H2,1-4H3. The highest BCUT2D eigenvalue weighted by atomic mass is 16.6. The Bertz CT molecular complexity index is 2040. The van der Waals surface area contributed by atoms with Crippen LogP contribution >= 0.6 is 0 Å². The van der Waals surface area contributed by atoms with Crippen LogP contribution in [-0.4, -0.2) is 223 Å². The lowest BCUT2D eigenvalue weighted by atomic mass is 9.80. The van der Waals surface area contributed by atoms with Crippen molar-refractivity contribution in [3.05, 3.63) is 40.5 Å². The molecule has 2 heterocycles. The first-order valence-corrected chi connectivity index (χ1v) is 32.8. The molecule has 2 saturated heterocycles. The van der Waals surface area contributed by atoms with Crippen molar-refractivity contribution in [2.45, 2.75) is 258 Å². The molecule has 2 fully saturated rings. The van der Waals surface area contributed by atoms with Gasteiger partial charge in [0.05, 0.1) is 64.1 Å². The average molecular weight is 1300 g/mol. The normalized spacial score (nSPS) is 22.0. The van der Waals surface area contributed by atoms with E-state index in [-0.39, 0.29) is 102 Å². The Labute approximate surface area is 540 Å². The van der Waals surface area contributed by atoms with Crippen molar-refractivity contribution in [2.75, 3.05) is 119 Å². The molecular formula is C62H132N12O16. The molecule has 28 heteroatoms. The number of nitrogens with one attached hydrogen (secondary N) is 2. The fraction of sp³-hybridized carbons (Fsp3) is 1.00. The van der Waals surface area contributed by atoms with E-state index in [1.807, 2.05) is 53.4 Å². The second-order valence-corrected chi connectivity index (χ2v) is 29.9. The summed E-state index contributed by atoms with van der Waals surface area (Å²) in [5, 5.41) is 108. The average Bonchev–Trinajstić information content (AvgIpc) is 2.81. The van der Waals surface area contributed by atoms with Crippen molar-refractivity contribution < 1.29 is 59.8 Å². The molecule has 0 bridgehead atoms. The van der Waals surface area contributed by atoms with Crippen molar-refractivity contribution >= 4 is 0 Å². The Kier molecular flexibility index (Phi) is 39.3. The van der Waals surface area contributed by atoms with Crippen LogP contribution in [0.3, 0.4) is 0 Å². The smallest absolute Gasteiger partial charge is 0.257 e. The van der Waals surface area contributed by atoms with Crippen LogP contribution in [0.15, 0.2) is 0 Å². The number of nitrogens with two attached hydrogens (primary N) is 4. The molecule has 0 amide bonds. The SMILES string of the molecule is CCC(CO)(CCC(C)(C)CN1COCC(CC)([N+](=O)[O-])C1)[N+](=O)[O-].CCC(CO)(CCC(C)(C)CNCC(CC)(CO)[N+](=O)[O-])[N+](=O)[O-].CCC(N)(CO)CCC(C)(C)CN1COCC(N)(CC)C1.CCC(N)(CO)CCC(C)(C)CNCC(N)(CC)CO. The third-order valence-electron chi connectivity index (χ3n) is 19.8. The van der Waals surface area contributed by atoms with Crippen molar-refractivity contribution in [2.24, 2.45) is 44.6 Å². The van der Waals surface area contributed by atoms with Crippen LogP contribution in [0.4, 0.5) is 0 Å². The van der Waals surface area contributed by atoms with Crippen molar-refractivity contribution in [3.8, 4) is 0 Å². The van der Waals surface area contributed by atoms with Gasteiger partial charge in [-0.3, -0.25) is 50.3 Å². The number of nitro groups is 4. The summed E-state index contributed by atoms with van der Waals surface area (Å²) in [5.74, 6) is 0. The van der Waals surface area contributed by atoms with Crippen LogP contribution < -0.4 is 33.6 Å². The Morgan fingerprint density at radius 1 is 0.433 bits per heavy atom.